The Balaban J connectivity index is 3.10. The van der Waals surface area contributed by atoms with Gasteiger partial charge in [-0.2, -0.15) is 0 Å². The molecule has 0 heterocycles. The van der Waals surface area contributed by atoms with Gasteiger partial charge in [-0.1, -0.05) is 23.7 Å². The lowest BCUT2D eigenvalue weighted by Crippen LogP contribution is -2.18. The zero-order valence-electron chi connectivity index (χ0n) is 9.05. The molecule has 0 amide bonds. The van der Waals surface area contributed by atoms with Crippen molar-refractivity contribution in [2.75, 3.05) is 0 Å². The van der Waals surface area contributed by atoms with Crippen LogP contribution in [0, 0.1) is 5.92 Å². The second kappa shape index (κ2) is 5.50. The summed E-state index contributed by atoms with van der Waals surface area (Å²) in [5.74, 6) is -3.48. The second-order valence-electron chi connectivity index (χ2n) is 3.52. The molecule has 0 aliphatic rings. The maximum Gasteiger partial charge on any atom is 0.332 e. The molecule has 0 aliphatic carbocycles. The molecule has 1 aromatic carbocycles. The van der Waals surface area contributed by atoms with E-state index in [1.165, 1.54) is 13.0 Å². The summed E-state index contributed by atoms with van der Waals surface area (Å²) >= 11 is 5.69. The molecule has 1 aromatic rings. The van der Waals surface area contributed by atoms with Gasteiger partial charge in [0.25, 0.3) is 0 Å². The zero-order valence-corrected chi connectivity index (χ0v) is 9.81. The summed E-state index contributed by atoms with van der Waals surface area (Å²) in [5.41, 5.74) is 0.430. The van der Waals surface area contributed by atoms with Gasteiger partial charge in [-0.3, -0.25) is 4.79 Å². The lowest BCUT2D eigenvalue weighted by atomic mass is 9.99. The summed E-state index contributed by atoms with van der Waals surface area (Å²) in [6.07, 6.45) is 1.33. The Morgan fingerprint density at radius 1 is 1.24 bits per heavy atom. The molecule has 90 valence electrons. The van der Waals surface area contributed by atoms with Crippen LogP contribution in [0.25, 0.3) is 6.08 Å². The van der Waals surface area contributed by atoms with Crippen LogP contribution in [0.15, 0.2) is 29.8 Å². The first kappa shape index (κ1) is 13.3. The van der Waals surface area contributed by atoms with Gasteiger partial charge in [0.1, 0.15) is 0 Å². The molecule has 1 atom stereocenters. The fraction of sp³-hybridized carbons (Fsp3) is 0.167. The number of carbonyl (C=O) groups is 2. The highest BCUT2D eigenvalue weighted by atomic mass is 35.5. The van der Waals surface area contributed by atoms with E-state index in [0.717, 1.165) is 0 Å². The molecule has 5 heteroatoms. The highest BCUT2D eigenvalue weighted by molar-refractivity contribution is 6.30. The molecule has 4 nitrogen and oxygen atoms in total. The number of hydrogen-bond acceptors (Lipinski definition) is 2. The van der Waals surface area contributed by atoms with Crippen LogP contribution in [0.1, 0.15) is 12.5 Å². The minimum Gasteiger partial charge on any atom is -0.481 e. The molecule has 17 heavy (non-hydrogen) atoms. The van der Waals surface area contributed by atoms with Crippen molar-refractivity contribution in [2.45, 2.75) is 6.92 Å². The van der Waals surface area contributed by atoms with Crippen LogP contribution in [-0.4, -0.2) is 22.2 Å². The van der Waals surface area contributed by atoms with Gasteiger partial charge in [0.2, 0.25) is 0 Å². The summed E-state index contributed by atoms with van der Waals surface area (Å²) in [4.78, 5) is 21.7. The standard InChI is InChI=1S/C12H11ClO4/c1-7(11(14)15)10(12(16)17)6-8-2-4-9(13)5-3-8/h2-7H,1H3,(H,14,15)(H,16,17)/b10-6-. The van der Waals surface area contributed by atoms with Crippen LogP contribution >= 0.6 is 11.6 Å². The van der Waals surface area contributed by atoms with Gasteiger partial charge in [0.15, 0.2) is 0 Å². The summed E-state index contributed by atoms with van der Waals surface area (Å²) < 4.78 is 0. The number of hydrogen-bond donors (Lipinski definition) is 2. The molecular weight excluding hydrogens is 244 g/mol. The molecular formula is C12H11ClO4. The average molecular weight is 255 g/mol. The van der Waals surface area contributed by atoms with E-state index in [4.69, 9.17) is 21.8 Å². The van der Waals surface area contributed by atoms with Crippen molar-refractivity contribution in [3.8, 4) is 0 Å². The summed E-state index contributed by atoms with van der Waals surface area (Å²) in [5, 5.41) is 18.3. The van der Waals surface area contributed by atoms with E-state index in [1.807, 2.05) is 0 Å². The fourth-order valence-corrected chi connectivity index (χ4v) is 1.37. The lowest BCUT2D eigenvalue weighted by molar-refractivity contribution is -0.143. The van der Waals surface area contributed by atoms with E-state index in [-0.39, 0.29) is 5.57 Å². The van der Waals surface area contributed by atoms with Crippen molar-refractivity contribution >= 4 is 29.6 Å². The van der Waals surface area contributed by atoms with Gasteiger partial charge in [-0.05, 0) is 30.7 Å². The molecule has 0 saturated carbocycles. The third-order valence-corrected chi connectivity index (χ3v) is 2.53. The summed E-state index contributed by atoms with van der Waals surface area (Å²) in [6, 6.07) is 6.47. The highest BCUT2D eigenvalue weighted by Crippen LogP contribution is 2.17. The van der Waals surface area contributed by atoms with E-state index in [9.17, 15) is 9.59 Å². The average Bonchev–Trinajstić information content (AvgIpc) is 2.26. The molecule has 1 rings (SSSR count). The van der Waals surface area contributed by atoms with Crippen molar-refractivity contribution in [1.29, 1.82) is 0 Å². The first-order valence-electron chi connectivity index (χ1n) is 4.85. The normalized spacial score (nSPS) is 13.2. The Hall–Kier alpha value is -1.81. The molecule has 2 N–H and O–H groups in total. The predicted molar refractivity (Wildman–Crippen MR) is 63.9 cm³/mol. The maximum absolute atomic E-state index is 11.0. The van der Waals surface area contributed by atoms with Gasteiger partial charge in [0, 0.05) is 5.02 Å². The molecule has 0 bridgehead atoms. The molecule has 0 saturated heterocycles. The van der Waals surface area contributed by atoms with Gasteiger partial charge in [-0.15, -0.1) is 0 Å². The van der Waals surface area contributed by atoms with Crippen LogP contribution in [0.5, 0.6) is 0 Å². The Morgan fingerprint density at radius 3 is 2.18 bits per heavy atom. The van der Waals surface area contributed by atoms with E-state index in [2.05, 4.69) is 0 Å². The summed E-state index contributed by atoms with van der Waals surface area (Å²) in [7, 11) is 0. The van der Waals surface area contributed by atoms with Crippen molar-refractivity contribution in [1.82, 2.24) is 0 Å². The van der Waals surface area contributed by atoms with Gasteiger partial charge >= 0.3 is 11.9 Å². The van der Waals surface area contributed by atoms with Crippen molar-refractivity contribution < 1.29 is 19.8 Å². The van der Waals surface area contributed by atoms with Gasteiger partial charge < -0.3 is 10.2 Å². The van der Waals surface area contributed by atoms with Crippen LogP contribution in [0.2, 0.25) is 5.02 Å². The second-order valence-corrected chi connectivity index (χ2v) is 3.95. The smallest absolute Gasteiger partial charge is 0.332 e. The van der Waals surface area contributed by atoms with E-state index < -0.39 is 17.9 Å². The number of halogens is 1. The zero-order chi connectivity index (χ0) is 13.0. The van der Waals surface area contributed by atoms with Gasteiger partial charge in [0.05, 0.1) is 11.5 Å². The minimum atomic E-state index is -1.24. The number of benzene rings is 1. The van der Waals surface area contributed by atoms with E-state index in [0.29, 0.717) is 10.6 Å². The van der Waals surface area contributed by atoms with Crippen LogP contribution < -0.4 is 0 Å². The monoisotopic (exact) mass is 254 g/mol. The Labute approximate surface area is 103 Å². The number of aliphatic carboxylic acids is 2. The molecule has 0 fully saturated rings. The molecule has 0 aliphatic heterocycles. The summed E-state index contributed by atoms with van der Waals surface area (Å²) in [6.45, 7) is 1.33. The van der Waals surface area contributed by atoms with Crippen LogP contribution in [0.3, 0.4) is 0 Å². The fourth-order valence-electron chi connectivity index (χ4n) is 1.24. The topological polar surface area (TPSA) is 74.6 Å². The number of rotatable bonds is 4. The molecule has 0 aromatic heterocycles. The van der Waals surface area contributed by atoms with Crippen LogP contribution in [-0.2, 0) is 9.59 Å². The predicted octanol–water partition coefficient (Wildman–Crippen LogP) is 2.53. The third kappa shape index (κ3) is 3.60. The quantitative estimate of drug-likeness (QED) is 0.810. The van der Waals surface area contributed by atoms with Crippen LogP contribution in [0.4, 0.5) is 0 Å². The Kier molecular flexibility index (Phi) is 4.29. The Bertz CT molecular complexity index is 462. The first-order chi connectivity index (χ1) is 7.91. The van der Waals surface area contributed by atoms with Crippen molar-refractivity contribution in [3.63, 3.8) is 0 Å². The largest absolute Gasteiger partial charge is 0.481 e. The SMILES string of the molecule is CC(C(=O)O)/C(=C/c1ccc(Cl)cc1)C(=O)O. The molecule has 0 radical (unpaired) electrons. The van der Waals surface area contributed by atoms with Crippen molar-refractivity contribution in [2.24, 2.45) is 5.92 Å². The lowest BCUT2D eigenvalue weighted by Gasteiger charge is -2.07. The number of carboxylic acid groups (broad SMARTS) is 2. The molecule has 1 unspecified atom stereocenters. The number of carboxylic acids is 2. The Morgan fingerprint density at radius 2 is 1.76 bits per heavy atom. The molecule has 0 spiro atoms. The highest BCUT2D eigenvalue weighted by Gasteiger charge is 2.22. The third-order valence-electron chi connectivity index (χ3n) is 2.28. The first-order valence-corrected chi connectivity index (χ1v) is 5.23. The van der Waals surface area contributed by atoms with Gasteiger partial charge in [-0.25, -0.2) is 4.79 Å². The minimum absolute atomic E-state index is 0.167. The van der Waals surface area contributed by atoms with Crippen molar-refractivity contribution in [3.05, 3.63) is 40.4 Å². The van der Waals surface area contributed by atoms with E-state index >= 15 is 0 Å². The van der Waals surface area contributed by atoms with E-state index in [1.54, 1.807) is 24.3 Å². The maximum atomic E-state index is 11.0.